The average molecular weight is 227 g/mol. The first-order chi connectivity index (χ1) is 7.54. The van der Waals surface area contributed by atoms with Crippen LogP contribution in [0.4, 0.5) is 8.78 Å². The van der Waals surface area contributed by atoms with Gasteiger partial charge in [-0.25, -0.2) is 8.78 Å². The summed E-state index contributed by atoms with van der Waals surface area (Å²) in [5, 5.41) is 0. The third-order valence-electron chi connectivity index (χ3n) is 2.51. The summed E-state index contributed by atoms with van der Waals surface area (Å²) in [6, 6.07) is 3.20. The summed E-state index contributed by atoms with van der Waals surface area (Å²) < 4.78 is 25.5. The molecular formula is C12H15F2NO. The van der Waals surface area contributed by atoms with E-state index in [-0.39, 0.29) is 17.3 Å². The molecule has 0 spiro atoms. The van der Waals surface area contributed by atoms with E-state index in [0.717, 1.165) is 12.1 Å². The maximum Gasteiger partial charge on any atom is 0.162 e. The van der Waals surface area contributed by atoms with Crippen molar-refractivity contribution in [2.45, 2.75) is 19.8 Å². The molecule has 1 atom stereocenters. The number of carbonyl (C=O) groups is 1. The van der Waals surface area contributed by atoms with Gasteiger partial charge < -0.3 is 5.73 Å². The fraction of sp³-hybridized carbons (Fsp3) is 0.417. The molecule has 2 nitrogen and oxygen atoms in total. The van der Waals surface area contributed by atoms with Crippen molar-refractivity contribution in [3.05, 3.63) is 35.4 Å². The Morgan fingerprint density at radius 3 is 2.62 bits per heavy atom. The lowest BCUT2D eigenvalue weighted by atomic mass is 10.00. The van der Waals surface area contributed by atoms with Crippen molar-refractivity contribution in [3.8, 4) is 0 Å². The van der Waals surface area contributed by atoms with Gasteiger partial charge >= 0.3 is 0 Å². The highest BCUT2D eigenvalue weighted by Crippen LogP contribution is 2.13. The van der Waals surface area contributed by atoms with E-state index >= 15 is 0 Å². The van der Waals surface area contributed by atoms with Gasteiger partial charge in [0.25, 0.3) is 0 Å². The molecule has 0 aliphatic heterocycles. The molecule has 0 fully saturated rings. The summed E-state index contributed by atoms with van der Waals surface area (Å²) in [5.74, 6) is -1.85. The number of hydrogen-bond donors (Lipinski definition) is 1. The molecule has 0 saturated carbocycles. The predicted molar refractivity (Wildman–Crippen MR) is 58.1 cm³/mol. The number of Topliss-reactive ketones (excluding diaryl/α,β-unsaturated/α-hetero) is 1. The Kier molecular flexibility index (Phi) is 4.55. The van der Waals surface area contributed by atoms with Crippen molar-refractivity contribution in [3.63, 3.8) is 0 Å². The molecule has 0 aliphatic rings. The number of nitrogens with two attached hydrogens (primary N) is 1. The van der Waals surface area contributed by atoms with Crippen LogP contribution in [0, 0.1) is 17.6 Å². The van der Waals surface area contributed by atoms with E-state index in [1.165, 1.54) is 6.07 Å². The number of rotatable bonds is 5. The van der Waals surface area contributed by atoms with Crippen LogP contribution < -0.4 is 5.73 Å². The second-order valence-corrected chi connectivity index (χ2v) is 3.93. The smallest absolute Gasteiger partial charge is 0.162 e. The van der Waals surface area contributed by atoms with E-state index in [4.69, 9.17) is 5.73 Å². The number of hydrogen-bond acceptors (Lipinski definition) is 2. The van der Waals surface area contributed by atoms with Crippen LogP contribution in [0.2, 0.25) is 0 Å². The minimum Gasteiger partial charge on any atom is -0.330 e. The molecule has 1 aromatic carbocycles. The maximum absolute atomic E-state index is 12.9. The largest absolute Gasteiger partial charge is 0.330 e. The molecule has 0 aliphatic carbocycles. The van der Waals surface area contributed by atoms with Crippen molar-refractivity contribution in [2.24, 2.45) is 11.7 Å². The Morgan fingerprint density at radius 1 is 1.38 bits per heavy atom. The van der Waals surface area contributed by atoms with Gasteiger partial charge in [0, 0.05) is 12.0 Å². The molecule has 88 valence electrons. The average Bonchev–Trinajstić information content (AvgIpc) is 2.29. The molecule has 1 aromatic rings. The van der Waals surface area contributed by atoms with Crippen LogP contribution in [0.3, 0.4) is 0 Å². The third kappa shape index (κ3) is 3.38. The molecule has 0 radical (unpaired) electrons. The summed E-state index contributed by atoms with van der Waals surface area (Å²) in [5.41, 5.74) is 5.63. The van der Waals surface area contributed by atoms with Crippen LogP contribution in [0.1, 0.15) is 30.1 Å². The molecule has 0 aromatic heterocycles. The van der Waals surface area contributed by atoms with Crippen molar-refractivity contribution >= 4 is 5.78 Å². The minimum absolute atomic E-state index is 0.181. The molecule has 0 bridgehead atoms. The van der Waals surface area contributed by atoms with Crippen LogP contribution in [0.25, 0.3) is 0 Å². The van der Waals surface area contributed by atoms with Gasteiger partial charge in [0.2, 0.25) is 0 Å². The van der Waals surface area contributed by atoms with Crippen LogP contribution in [0.15, 0.2) is 18.2 Å². The zero-order chi connectivity index (χ0) is 12.1. The van der Waals surface area contributed by atoms with Gasteiger partial charge in [0.1, 0.15) is 0 Å². The second-order valence-electron chi connectivity index (χ2n) is 3.93. The Labute approximate surface area is 93.5 Å². The Bertz CT molecular complexity index is 379. The van der Waals surface area contributed by atoms with Gasteiger partial charge in [-0.3, -0.25) is 4.79 Å². The molecular weight excluding hydrogens is 212 g/mol. The van der Waals surface area contributed by atoms with Crippen molar-refractivity contribution in [1.29, 1.82) is 0 Å². The van der Waals surface area contributed by atoms with Gasteiger partial charge in [-0.15, -0.1) is 0 Å². The quantitative estimate of drug-likeness (QED) is 0.785. The highest BCUT2D eigenvalue weighted by atomic mass is 19.2. The molecule has 0 heterocycles. The molecule has 1 rings (SSSR count). The zero-order valence-electron chi connectivity index (χ0n) is 9.17. The Balaban J connectivity index is 2.63. The zero-order valence-corrected chi connectivity index (χ0v) is 9.17. The number of ketones is 1. The van der Waals surface area contributed by atoms with Gasteiger partial charge in [0.15, 0.2) is 17.4 Å². The summed E-state index contributed by atoms with van der Waals surface area (Å²) in [4.78, 5) is 11.6. The summed E-state index contributed by atoms with van der Waals surface area (Å²) in [6.07, 6.45) is 0.970. The number of halogens is 2. The lowest BCUT2D eigenvalue weighted by Crippen LogP contribution is -2.12. The highest BCUT2D eigenvalue weighted by Gasteiger charge is 2.10. The lowest BCUT2D eigenvalue weighted by molar-refractivity contribution is 0.0974. The lowest BCUT2D eigenvalue weighted by Gasteiger charge is -2.07. The van der Waals surface area contributed by atoms with Gasteiger partial charge in [-0.2, -0.15) is 0 Å². The molecule has 1 unspecified atom stereocenters. The number of carbonyl (C=O) groups excluding carboxylic acids is 1. The summed E-state index contributed by atoms with van der Waals surface area (Å²) in [6.45, 7) is 2.46. The number of benzene rings is 1. The molecule has 2 N–H and O–H groups in total. The first kappa shape index (κ1) is 12.8. The monoisotopic (exact) mass is 227 g/mol. The summed E-state index contributed by atoms with van der Waals surface area (Å²) >= 11 is 0. The van der Waals surface area contributed by atoms with E-state index in [1.807, 2.05) is 6.92 Å². The molecule has 0 amide bonds. The van der Waals surface area contributed by atoms with Gasteiger partial charge in [0.05, 0.1) is 0 Å². The van der Waals surface area contributed by atoms with E-state index in [1.54, 1.807) is 0 Å². The maximum atomic E-state index is 12.9. The first-order valence-corrected chi connectivity index (χ1v) is 5.23. The third-order valence-corrected chi connectivity index (χ3v) is 2.51. The van der Waals surface area contributed by atoms with Crippen LogP contribution >= 0.6 is 0 Å². The first-order valence-electron chi connectivity index (χ1n) is 5.23. The van der Waals surface area contributed by atoms with Crippen LogP contribution in [0.5, 0.6) is 0 Å². The Morgan fingerprint density at radius 2 is 2.06 bits per heavy atom. The van der Waals surface area contributed by atoms with E-state index in [9.17, 15) is 13.6 Å². The SMILES string of the molecule is CC(CN)CCC(=O)c1ccc(F)c(F)c1. The van der Waals surface area contributed by atoms with Crippen molar-refractivity contribution in [2.75, 3.05) is 6.54 Å². The van der Waals surface area contributed by atoms with Crippen molar-refractivity contribution < 1.29 is 13.6 Å². The topological polar surface area (TPSA) is 43.1 Å². The highest BCUT2D eigenvalue weighted by molar-refractivity contribution is 5.96. The van der Waals surface area contributed by atoms with E-state index < -0.39 is 11.6 Å². The Hall–Kier alpha value is -1.29. The standard InChI is InChI=1S/C12H15F2NO/c1-8(7-15)2-5-12(16)9-3-4-10(13)11(14)6-9/h3-4,6,8H,2,5,7,15H2,1H3. The fourth-order valence-corrected chi connectivity index (χ4v) is 1.31. The second kappa shape index (κ2) is 5.70. The molecule has 4 heteroatoms. The predicted octanol–water partition coefficient (Wildman–Crippen LogP) is 2.52. The minimum atomic E-state index is -0.988. The van der Waals surface area contributed by atoms with Crippen LogP contribution in [-0.2, 0) is 0 Å². The van der Waals surface area contributed by atoms with E-state index in [0.29, 0.717) is 19.4 Å². The van der Waals surface area contributed by atoms with Crippen molar-refractivity contribution in [1.82, 2.24) is 0 Å². The van der Waals surface area contributed by atoms with E-state index in [2.05, 4.69) is 0 Å². The van der Waals surface area contributed by atoms with Crippen LogP contribution in [-0.4, -0.2) is 12.3 Å². The molecule has 0 saturated heterocycles. The summed E-state index contributed by atoms with van der Waals surface area (Å²) in [7, 11) is 0. The normalized spacial score (nSPS) is 12.5. The fourth-order valence-electron chi connectivity index (χ4n) is 1.31. The molecule has 16 heavy (non-hydrogen) atoms. The van der Waals surface area contributed by atoms with Gasteiger partial charge in [-0.1, -0.05) is 6.92 Å². The van der Waals surface area contributed by atoms with Gasteiger partial charge in [-0.05, 0) is 37.1 Å².